The van der Waals surface area contributed by atoms with E-state index in [1.165, 1.54) is 23.3 Å². The molecule has 1 rings (SSSR count). The van der Waals surface area contributed by atoms with Crippen LogP contribution in [0.4, 0.5) is 4.79 Å². The third-order valence-electron chi connectivity index (χ3n) is 2.67. The molecule has 1 aromatic heterocycles. The van der Waals surface area contributed by atoms with Crippen LogP contribution in [-0.4, -0.2) is 41.5 Å². The summed E-state index contributed by atoms with van der Waals surface area (Å²) in [5, 5.41) is 12.9. The molecule has 0 aromatic carbocycles. The highest BCUT2D eigenvalue weighted by Crippen LogP contribution is 2.22. The Morgan fingerprint density at radius 1 is 1.50 bits per heavy atom. The Bertz CT molecular complexity index is 475. The molecule has 0 aliphatic heterocycles. The summed E-state index contributed by atoms with van der Waals surface area (Å²) in [5.74, 6) is -1.21. The van der Waals surface area contributed by atoms with Crippen molar-refractivity contribution in [3.05, 3.63) is 22.4 Å². The average Bonchev–Trinajstić information content (AvgIpc) is 2.88. The number of carbonyl (C=O) groups is 3. The molecule has 7 nitrogen and oxygen atoms in total. The van der Waals surface area contributed by atoms with Gasteiger partial charge < -0.3 is 21.1 Å². The van der Waals surface area contributed by atoms with Gasteiger partial charge in [-0.2, -0.15) is 0 Å². The zero-order valence-electron chi connectivity index (χ0n) is 11.0. The number of urea groups is 1. The molecular formula is C12H17N3O4S. The van der Waals surface area contributed by atoms with Gasteiger partial charge >= 0.3 is 12.0 Å². The molecule has 1 aromatic rings. The summed E-state index contributed by atoms with van der Waals surface area (Å²) in [6.07, 6.45) is -0.0747. The molecule has 0 saturated carbocycles. The van der Waals surface area contributed by atoms with Crippen LogP contribution in [0.1, 0.15) is 23.8 Å². The first kappa shape index (κ1) is 16.0. The number of primary amides is 1. The molecule has 110 valence electrons. The number of nitrogens with two attached hydrogens (primary N) is 1. The fourth-order valence-corrected chi connectivity index (χ4v) is 2.38. The molecule has 1 unspecified atom stereocenters. The van der Waals surface area contributed by atoms with Gasteiger partial charge in [0.05, 0.1) is 18.9 Å². The zero-order chi connectivity index (χ0) is 15.1. The molecule has 4 N–H and O–H groups in total. The third kappa shape index (κ3) is 5.27. The quantitative estimate of drug-likeness (QED) is 0.690. The second kappa shape index (κ2) is 7.49. The highest BCUT2D eigenvalue weighted by atomic mass is 32.1. The van der Waals surface area contributed by atoms with Crippen LogP contribution in [0, 0.1) is 0 Å². The Labute approximate surface area is 120 Å². The van der Waals surface area contributed by atoms with Gasteiger partial charge in [0.2, 0.25) is 5.91 Å². The Morgan fingerprint density at radius 3 is 2.70 bits per heavy atom. The SMILES string of the molecule is CN(CCC(=O)O)C(=O)CC(NC(N)=O)c1cccs1. The predicted molar refractivity (Wildman–Crippen MR) is 74.3 cm³/mol. The smallest absolute Gasteiger partial charge is 0.312 e. The van der Waals surface area contributed by atoms with Crippen LogP contribution >= 0.6 is 11.3 Å². The summed E-state index contributed by atoms with van der Waals surface area (Å²) in [4.78, 5) is 35.6. The van der Waals surface area contributed by atoms with E-state index in [0.717, 1.165) is 4.88 Å². The summed E-state index contributed by atoms with van der Waals surface area (Å²) in [7, 11) is 1.53. The molecule has 0 fully saturated rings. The summed E-state index contributed by atoms with van der Waals surface area (Å²) >= 11 is 1.41. The molecule has 20 heavy (non-hydrogen) atoms. The van der Waals surface area contributed by atoms with Crippen molar-refractivity contribution in [2.24, 2.45) is 5.73 Å². The van der Waals surface area contributed by atoms with Gasteiger partial charge in [0.1, 0.15) is 0 Å². The maximum Gasteiger partial charge on any atom is 0.312 e. The monoisotopic (exact) mass is 299 g/mol. The van der Waals surface area contributed by atoms with Gasteiger partial charge in [0, 0.05) is 18.5 Å². The molecule has 0 bridgehead atoms. The number of nitrogens with zero attached hydrogens (tertiary/aromatic N) is 1. The molecule has 8 heteroatoms. The van der Waals surface area contributed by atoms with E-state index < -0.39 is 18.0 Å². The van der Waals surface area contributed by atoms with Crippen molar-refractivity contribution >= 4 is 29.2 Å². The van der Waals surface area contributed by atoms with Gasteiger partial charge in [-0.1, -0.05) is 6.07 Å². The fourth-order valence-electron chi connectivity index (χ4n) is 1.60. The van der Waals surface area contributed by atoms with E-state index in [4.69, 9.17) is 10.8 Å². The van der Waals surface area contributed by atoms with Crippen molar-refractivity contribution in [3.63, 3.8) is 0 Å². The topological polar surface area (TPSA) is 113 Å². The maximum atomic E-state index is 12.0. The molecule has 3 amide bonds. The highest BCUT2D eigenvalue weighted by molar-refractivity contribution is 7.10. The van der Waals surface area contributed by atoms with Crippen molar-refractivity contribution in [2.45, 2.75) is 18.9 Å². The van der Waals surface area contributed by atoms with E-state index in [1.54, 1.807) is 6.07 Å². The summed E-state index contributed by atoms with van der Waals surface area (Å²) in [5.41, 5.74) is 5.10. The lowest BCUT2D eigenvalue weighted by atomic mass is 10.1. The van der Waals surface area contributed by atoms with Crippen LogP contribution in [0.5, 0.6) is 0 Å². The first-order chi connectivity index (χ1) is 9.40. The molecule has 1 atom stereocenters. The molecule has 0 aliphatic carbocycles. The van der Waals surface area contributed by atoms with E-state index in [2.05, 4.69) is 5.32 Å². The van der Waals surface area contributed by atoms with Crippen molar-refractivity contribution in [2.75, 3.05) is 13.6 Å². The minimum Gasteiger partial charge on any atom is -0.481 e. The van der Waals surface area contributed by atoms with E-state index in [-0.39, 0.29) is 25.3 Å². The molecule has 0 saturated heterocycles. The molecule has 0 radical (unpaired) electrons. The van der Waals surface area contributed by atoms with Crippen LogP contribution in [-0.2, 0) is 9.59 Å². The van der Waals surface area contributed by atoms with Gasteiger partial charge in [0.25, 0.3) is 0 Å². The lowest BCUT2D eigenvalue weighted by molar-refractivity contribution is -0.138. The van der Waals surface area contributed by atoms with Crippen LogP contribution in [0.3, 0.4) is 0 Å². The van der Waals surface area contributed by atoms with Gasteiger partial charge in [-0.3, -0.25) is 9.59 Å². The molecule has 0 spiro atoms. The third-order valence-corrected chi connectivity index (χ3v) is 3.65. The number of thiophene rings is 1. The first-order valence-corrected chi connectivity index (χ1v) is 6.83. The molecule has 0 aliphatic rings. The van der Waals surface area contributed by atoms with Crippen molar-refractivity contribution in [1.82, 2.24) is 10.2 Å². The van der Waals surface area contributed by atoms with E-state index >= 15 is 0 Å². The number of carboxylic acids is 1. The first-order valence-electron chi connectivity index (χ1n) is 5.95. The van der Waals surface area contributed by atoms with Gasteiger partial charge in [0.15, 0.2) is 0 Å². The van der Waals surface area contributed by atoms with Crippen LogP contribution < -0.4 is 11.1 Å². The Morgan fingerprint density at radius 2 is 2.20 bits per heavy atom. The van der Waals surface area contributed by atoms with Crippen LogP contribution in [0.2, 0.25) is 0 Å². The Kier molecular flexibility index (Phi) is 5.98. The van der Waals surface area contributed by atoms with Crippen LogP contribution in [0.25, 0.3) is 0 Å². The summed E-state index contributed by atoms with van der Waals surface area (Å²) in [6, 6.07) is 2.42. The number of carboxylic acid groups (broad SMARTS) is 1. The zero-order valence-corrected chi connectivity index (χ0v) is 11.9. The number of rotatable bonds is 7. The second-order valence-corrected chi connectivity index (χ2v) is 5.22. The van der Waals surface area contributed by atoms with E-state index in [1.807, 2.05) is 11.4 Å². The van der Waals surface area contributed by atoms with Crippen molar-refractivity contribution in [3.8, 4) is 0 Å². The maximum absolute atomic E-state index is 12.0. The Balaban J connectivity index is 2.62. The van der Waals surface area contributed by atoms with Gasteiger partial charge in [-0.05, 0) is 11.4 Å². The number of nitrogens with one attached hydrogen (secondary N) is 1. The van der Waals surface area contributed by atoms with Crippen LogP contribution in [0.15, 0.2) is 17.5 Å². The summed E-state index contributed by atoms with van der Waals surface area (Å²) < 4.78 is 0. The number of carbonyl (C=O) groups excluding carboxylic acids is 2. The fraction of sp³-hybridized carbons (Fsp3) is 0.417. The second-order valence-electron chi connectivity index (χ2n) is 4.24. The predicted octanol–water partition coefficient (Wildman–Crippen LogP) is 0.781. The average molecular weight is 299 g/mol. The standard InChI is InChI=1S/C12H17N3O4S/c1-15(5-4-11(17)18)10(16)7-8(14-12(13)19)9-3-2-6-20-9/h2-3,6,8H,4-5,7H2,1H3,(H,17,18)(H3,13,14,19). The highest BCUT2D eigenvalue weighted by Gasteiger charge is 2.20. The number of amides is 3. The molecular weight excluding hydrogens is 282 g/mol. The lowest BCUT2D eigenvalue weighted by Crippen LogP contribution is -2.37. The van der Waals surface area contributed by atoms with Crippen molar-refractivity contribution < 1.29 is 19.5 Å². The van der Waals surface area contributed by atoms with E-state index in [9.17, 15) is 14.4 Å². The molecule has 1 heterocycles. The van der Waals surface area contributed by atoms with Crippen molar-refractivity contribution in [1.29, 1.82) is 0 Å². The van der Waals surface area contributed by atoms with Gasteiger partial charge in [-0.25, -0.2) is 4.79 Å². The minimum atomic E-state index is -0.963. The number of aliphatic carboxylic acids is 1. The van der Waals surface area contributed by atoms with E-state index in [0.29, 0.717) is 0 Å². The van der Waals surface area contributed by atoms with Gasteiger partial charge in [-0.15, -0.1) is 11.3 Å². The number of hydrogen-bond acceptors (Lipinski definition) is 4. The Hall–Kier alpha value is -2.09. The summed E-state index contributed by atoms with van der Waals surface area (Å²) in [6.45, 7) is 0.127. The number of hydrogen-bond donors (Lipinski definition) is 3. The normalized spacial score (nSPS) is 11.7. The largest absolute Gasteiger partial charge is 0.481 e. The minimum absolute atomic E-state index is 0.0412. The lowest BCUT2D eigenvalue weighted by Gasteiger charge is -2.20.